The Balaban J connectivity index is 4.01. The molecule has 6 heteroatoms. The van der Waals surface area contributed by atoms with Crippen LogP contribution in [-0.2, 0) is 4.79 Å². The van der Waals surface area contributed by atoms with Crippen LogP contribution < -0.4 is 10.6 Å². The second-order valence-electron chi connectivity index (χ2n) is 4.89. The van der Waals surface area contributed by atoms with Gasteiger partial charge in [0.05, 0.1) is 0 Å². The molecule has 1 atom stereocenters. The third kappa shape index (κ3) is 7.66. The number of nitrogens with one attached hydrogen (secondary N) is 2. The van der Waals surface area contributed by atoms with Crippen molar-refractivity contribution in [1.29, 1.82) is 0 Å². The number of likely N-dealkylation sites (N-methyl/N-ethyl adjacent to an activating group) is 1. The van der Waals surface area contributed by atoms with Crippen LogP contribution in [0.4, 0.5) is 4.79 Å². The fraction of sp³-hybridized carbons (Fsp3) is 0.846. The molecule has 6 nitrogen and oxygen atoms in total. The lowest BCUT2D eigenvalue weighted by molar-refractivity contribution is -0.140. The largest absolute Gasteiger partial charge is 0.480 e. The zero-order chi connectivity index (χ0) is 14.8. The maximum atomic E-state index is 11.6. The summed E-state index contributed by atoms with van der Waals surface area (Å²) in [7, 11) is 0. The van der Waals surface area contributed by atoms with Gasteiger partial charge in [-0.25, -0.2) is 9.59 Å². The minimum absolute atomic E-state index is 0.143. The summed E-state index contributed by atoms with van der Waals surface area (Å²) in [6, 6.07) is -1.27. The lowest BCUT2D eigenvalue weighted by Gasteiger charge is -2.21. The van der Waals surface area contributed by atoms with Crippen molar-refractivity contribution >= 4 is 12.0 Å². The van der Waals surface area contributed by atoms with Gasteiger partial charge in [0.1, 0.15) is 6.04 Å². The van der Waals surface area contributed by atoms with Crippen molar-refractivity contribution in [2.45, 2.75) is 40.2 Å². The van der Waals surface area contributed by atoms with E-state index < -0.39 is 18.0 Å². The number of amides is 2. The molecule has 0 radical (unpaired) electrons. The van der Waals surface area contributed by atoms with E-state index >= 15 is 0 Å². The molecule has 0 aliphatic carbocycles. The summed E-state index contributed by atoms with van der Waals surface area (Å²) in [5, 5.41) is 14.1. The van der Waals surface area contributed by atoms with Gasteiger partial charge < -0.3 is 20.6 Å². The van der Waals surface area contributed by atoms with E-state index in [1.165, 1.54) is 0 Å². The average Bonchev–Trinajstić information content (AvgIpc) is 2.34. The predicted octanol–water partition coefficient (Wildman–Crippen LogP) is 1.13. The summed E-state index contributed by atoms with van der Waals surface area (Å²) in [5.74, 6) is -1.15. The van der Waals surface area contributed by atoms with Crippen molar-refractivity contribution in [3.05, 3.63) is 0 Å². The molecule has 0 bridgehead atoms. The minimum Gasteiger partial charge on any atom is -0.480 e. The number of rotatable bonds is 9. The van der Waals surface area contributed by atoms with Crippen LogP contribution >= 0.6 is 0 Å². The molecule has 0 saturated heterocycles. The highest BCUT2D eigenvalue weighted by Crippen LogP contribution is 2.01. The maximum absolute atomic E-state index is 11.6. The average molecular weight is 273 g/mol. The first-order valence-electron chi connectivity index (χ1n) is 6.91. The minimum atomic E-state index is -1.01. The van der Waals surface area contributed by atoms with E-state index in [1.807, 2.05) is 0 Å². The predicted molar refractivity (Wildman–Crippen MR) is 75.2 cm³/mol. The van der Waals surface area contributed by atoms with E-state index in [0.29, 0.717) is 6.54 Å². The summed E-state index contributed by atoms with van der Waals surface area (Å²) in [6.07, 6.45) is 1.08. The molecule has 0 fully saturated rings. The first kappa shape index (κ1) is 17.7. The number of carboxylic acids is 1. The van der Waals surface area contributed by atoms with Crippen LogP contribution in [0.5, 0.6) is 0 Å². The number of aliphatic carboxylic acids is 1. The van der Waals surface area contributed by atoms with Crippen molar-refractivity contribution in [3.8, 4) is 0 Å². The van der Waals surface area contributed by atoms with Gasteiger partial charge in [-0.05, 0) is 25.4 Å². The van der Waals surface area contributed by atoms with Gasteiger partial charge in [-0.2, -0.15) is 0 Å². The molecule has 0 aliphatic heterocycles. The Labute approximate surface area is 115 Å². The Morgan fingerprint density at radius 3 is 2.26 bits per heavy atom. The van der Waals surface area contributed by atoms with Gasteiger partial charge >= 0.3 is 12.0 Å². The maximum Gasteiger partial charge on any atom is 0.326 e. The first-order chi connectivity index (χ1) is 8.92. The topological polar surface area (TPSA) is 81.7 Å². The van der Waals surface area contributed by atoms with Crippen molar-refractivity contribution < 1.29 is 14.7 Å². The van der Waals surface area contributed by atoms with Crippen LogP contribution in [0.2, 0.25) is 0 Å². The standard InChI is InChI=1S/C13H27N3O3/c1-5-8-16(6-2)9-7-14-13(19)15-11(10(3)4)12(17)18/h10-11H,5-9H2,1-4H3,(H,17,18)(H2,14,15,19)/t11-/m0/s1. The van der Waals surface area contributed by atoms with E-state index in [-0.39, 0.29) is 5.92 Å². The van der Waals surface area contributed by atoms with Crippen molar-refractivity contribution in [2.24, 2.45) is 5.92 Å². The van der Waals surface area contributed by atoms with Gasteiger partial charge in [-0.1, -0.05) is 27.7 Å². The lowest BCUT2D eigenvalue weighted by Crippen LogP contribution is -2.49. The second kappa shape index (κ2) is 9.61. The van der Waals surface area contributed by atoms with Crippen LogP contribution in [0.15, 0.2) is 0 Å². The molecule has 112 valence electrons. The number of carbonyl (C=O) groups excluding carboxylic acids is 1. The van der Waals surface area contributed by atoms with E-state index in [0.717, 1.165) is 26.1 Å². The SMILES string of the molecule is CCCN(CC)CCNC(=O)N[C@H](C(=O)O)C(C)C. The summed E-state index contributed by atoms with van der Waals surface area (Å²) in [5.41, 5.74) is 0. The first-order valence-corrected chi connectivity index (χ1v) is 6.91. The third-order valence-corrected chi connectivity index (χ3v) is 2.92. The molecule has 0 saturated carbocycles. The molecular weight excluding hydrogens is 246 g/mol. The van der Waals surface area contributed by atoms with Crippen LogP contribution in [-0.4, -0.2) is 54.2 Å². The molecule has 0 aromatic carbocycles. The Hall–Kier alpha value is -1.30. The van der Waals surface area contributed by atoms with Crippen LogP contribution in [0.1, 0.15) is 34.1 Å². The number of carbonyl (C=O) groups is 2. The highest BCUT2D eigenvalue weighted by Gasteiger charge is 2.23. The number of hydrogen-bond acceptors (Lipinski definition) is 3. The molecule has 0 aromatic rings. The summed E-state index contributed by atoms with van der Waals surface area (Å²) in [6.45, 7) is 11.0. The summed E-state index contributed by atoms with van der Waals surface area (Å²) in [4.78, 5) is 24.8. The number of nitrogens with zero attached hydrogens (tertiary/aromatic N) is 1. The fourth-order valence-electron chi connectivity index (χ4n) is 1.78. The van der Waals surface area contributed by atoms with Gasteiger partial charge in [-0.3, -0.25) is 0 Å². The zero-order valence-electron chi connectivity index (χ0n) is 12.4. The Bertz CT molecular complexity index is 282. The van der Waals surface area contributed by atoms with Crippen molar-refractivity contribution in [1.82, 2.24) is 15.5 Å². The molecule has 3 N–H and O–H groups in total. The Kier molecular flexibility index (Phi) is 8.95. The molecule has 0 rings (SSSR count). The highest BCUT2D eigenvalue weighted by atomic mass is 16.4. The van der Waals surface area contributed by atoms with Gasteiger partial charge in [0, 0.05) is 13.1 Å². The molecule has 0 spiro atoms. The van der Waals surface area contributed by atoms with Crippen molar-refractivity contribution in [3.63, 3.8) is 0 Å². The molecule has 0 heterocycles. The summed E-state index contributed by atoms with van der Waals surface area (Å²) < 4.78 is 0. The van der Waals surface area contributed by atoms with Crippen LogP contribution in [0.3, 0.4) is 0 Å². The van der Waals surface area contributed by atoms with E-state index in [4.69, 9.17) is 5.11 Å². The van der Waals surface area contributed by atoms with E-state index in [1.54, 1.807) is 13.8 Å². The number of hydrogen-bond donors (Lipinski definition) is 3. The van der Waals surface area contributed by atoms with Gasteiger partial charge in [0.25, 0.3) is 0 Å². The Morgan fingerprint density at radius 2 is 1.84 bits per heavy atom. The van der Waals surface area contributed by atoms with Gasteiger partial charge in [-0.15, -0.1) is 0 Å². The third-order valence-electron chi connectivity index (χ3n) is 2.92. The van der Waals surface area contributed by atoms with E-state index in [9.17, 15) is 9.59 Å². The zero-order valence-corrected chi connectivity index (χ0v) is 12.4. The van der Waals surface area contributed by atoms with Crippen LogP contribution in [0, 0.1) is 5.92 Å². The Morgan fingerprint density at radius 1 is 1.21 bits per heavy atom. The quantitative estimate of drug-likeness (QED) is 0.588. The van der Waals surface area contributed by atoms with Gasteiger partial charge in [0.2, 0.25) is 0 Å². The molecule has 0 aliphatic rings. The second-order valence-corrected chi connectivity index (χ2v) is 4.89. The van der Waals surface area contributed by atoms with E-state index in [2.05, 4.69) is 29.4 Å². The normalized spacial score (nSPS) is 12.5. The number of carboxylic acid groups (broad SMARTS) is 1. The summed E-state index contributed by atoms with van der Waals surface area (Å²) >= 11 is 0. The smallest absolute Gasteiger partial charge is 0.326 e. The molecule has 19 heavy (non-hydrogen) atoms. The molecule has 0 unspecified atom stereocenters. The molecule has 2 amide bonds. The number of urea groups is 1. The molecule has 0 aromatic heterocycles. The molecular formula is C13H27N3O3. The van der Waals surface area contributed by atoms with Crippen LogP contribution in [0.25, 0.3) is 0 Å². The monoisotopic (exact) mass is 273 g/mol. The highest BCUT2D eigenvalue weighted by molar-refractivity contribution is 5.82. The van der Waals surface area contributed by atoms with Gasteiger partial charge in [0.15, 0.2) is 0 Å². The lowest BCUT2D eigenvalue weighted by atomic mass is 10.1. The van der Waals surface area contributed by atoms with Crippen molar-refractivity contribution in [2.75, 3.05) is 26.2 Å². The fourth-order valence-corrected chi connectivity index (χ4v) is 1.78.